The molecule has 0 spiro atoms. The number of carbonyl (C=O) groups excluding carboxylic acids is 4. The molecule has 3 unspecified atom stereocenters. The Morgan fingerprint density at radius 3 is 0.792 bits per heavy atom. The molecule has 0 heterocycles. The van der Waals surface area contributed by atoms with Crippen molar-refractivity contribution in [2.45, 2.75) is 419 Å². The van der Waals surface area contributed by atoms with Crippen molar-refractivity contribution in [3.8, 4) is 0 Å². The molecular formula is C77H150O17P2. The van der Waals surface area contributed by atoms with Crippen LogP contribution in [0.15, 0.2) is 0 Å². The molecule has 17 nitrogen and oxygen atoms in total. The van der Waals surface area contributed by atoms with Gasteiger partial charge in [-0.15, -0.1) is 0 Å². The Balaban J connectivity index is 5.25. The van der Waals surface area contributed by atoms with Crippen molar-refractivity contribution in [1.82, 2.24) is 0 Å². The van der Waals surface area contributed by atoms with E-state index in [0.717, 1.165) is 102 Å². The SMILES string of the molecule is CCCCCCCCCCCCCCCCCC(=O)OC[C@H](COP(=O)(O)OC[C@@H](O)COP(=O)(O)OC[C@@H](COC(=O)CCCCCCCCCC(C)C)OC(=O)CCCCCCCCCCCCCCC)OC(=O)CCCCCCCCCCCCCCCCC(C)CC. The van der Waals surface area contributed by atoms with Gasteiger partial charge in [0.25, 0.3) is 0 Å². The van der Waals surface area contributed by atoms with E-state index in [-0.39, 0.29) is 25.7 Å². The number of phosphoric acid groups is 2. The van der Waals surface area contributed by atoms with Crippen LogP contribution in [0.4, 0.5) is 0 Å². The fourth-order valence-electron chi connectivity index (χ4n) is 11.8. The lowest BCUT2D eigenvalue weighted by Gasteiger charge is -2.21. The molecule has 0 radical (unpaired) electrons. The number of esters is 4. The lowest BCUT2D eigenvalue weighted by Crippen LogP contribution is -2.30. The van der Waals surface area contributed by atoms with Crippen molar-refractivity contribution in [3.63, 3.8) is 0 Å². The molecule has 0 aliphatic heterocycles. The molecule has 570 valence electrons. The van der Waals surface area contributed by atoms with Gasteiger partial charge in [-0.1, -0.05) is 350 Å². The lowest BCUT2D eigenvalue weighted by molar-refractivity contribution is -0.161. The fraction of sp³-hybridized carbons (Fsp3) is 0.948. The maximum Gasteiger partial charge on any atom is 0.472 e. The highest BCUT2D eigenvalue weighted by molar-refractivity contribution is 7.47. The molecule has 0 aliphatic rings. The Hall–Kier alpha value is -1.94. The van der Waals surface area contributed by atoms with E-state index in [4.69, 9.17) is 37.0 Å². The Labute approximate surface area is 588 Å². The van der Waals surface area contributed by atoms with Gasteiger partial charge in [0.05, 0.1) is 26.4 Å². The molecule has 0 saturated carbocycles. The smallest absolute Gasteiger partial charge is 0.462 e. The molecule has 96 heavy (non-hydrogen) atoms. The number of carbonyl (C=O) groups is 4. The van der Waals surface area contributed by atoms with Gasteiger partial charge in [0, 0.05) is 25.7 Å². The Morgan fingerprint density at radius 1 is 0.302 bits per heavy atom. The van der Waals surface area contributed by atoms with Crippen LogP contribution in [0.25, 0.3) is 0 Å². The lowest BCUT2D eigenvalue weighted by atomic mass is 9.99. The highest BCUT2D eigenvalue weighted by atomic mass is 31.2. The van der Waals surface area contributed by atoms with Gasteiger partial charge in [-0.3, -0.25) is 37.3 Å². The van der Waals surface area contributed by atoms with Crippen LogP contribution >= 0.6 is 15.6 Å². The Kier molecular flexibility index (Phi) is 67.4. The minimum atomic E-state index is -4.96. The third kappa shape index (κ3) is 69.2. The summed E-state index contributed by atoms with van der Waals surface area (Å²) in [5.74, 6) is -0.562. The number of phosphoric ester groups is 2. The maximum atomic E-state index is 13.1. The van der Waals surface area contributed by atoms with Crippen LogP contribution in [0.1, 0.15) is 401 Å². The van der Waals surface area contributed by atoms with Crippen LogP contribution in [0.2, 0.25) is 0 Å². The van der Waals surface area contributed by atoms with E-state index in [0.29, 0.717) is 31.6 Å². The molecule has 0 fully saturated rings. The van der Waals surface area contributed by atoms with Crippen molar-refractivity contribution in [2.75, 3.05) is 39.6 Å². The van der Waals surface area contributed by atoms with Gasteiger partial charge in [0.2, 0.25) is 0 Å². The fourth-order valence-corrected chi connectivity index (χ4v) is 13.4. The quantitative estimate of drug-likeness (QED) is 0.0222. The van der Waals surface area contributed by atoms with Crippen molar-refractivity contribution in [2.24, 2.45) is 11.8 Å². The highest BCUT2D eigenvalue weighted by Gasteiger charge is 2.30. The number of hydrogen-bond acceptors (Lipinski definition) is 15. The Bertz CT molecular complexity index is 1860. The standard InChI is InChI=1S/C77H150O17P2/c1-7-10-12-14-16-18-20-22-23-28-31-35-41-47-53-59-74(79)87-65-72(93-77(82)62-56-50-43-37-33-29-25-24-27-30-34-40-46-52-58-70(6)9-3)67-91-95(83,84)89-63-71(78)64-90-96(85,86)92-68-73(66-88-75(80)60-54-48-44-38-39-45-51-57-69(4)5)94-76(81)61-55-49-42-36-32-26-21-19-17-15-13-11-8-2/h69-73,78H,7-68H2,1-6H3,(H,83,84)(H,85,86)/t70?,71-,72-,73-/m1/s1. The van der Waals surface area contributed by atoms with Crippen LogP contribution < -0.4 is 0 Å². The topological polar surface area (TPSA) is 237 Å². The molecule has 0 saturated heterocycles. The summed E-state index contributed by atoms with van der Waals surface area (Å²) in [6.07, 6.45) is 56.8. The van der Waals surface area contributed by atoms with Crippen molar-refractivity contribution >= 4 is 39.5 Å². The van der Waals surface area contributed by atoms with Gasteiger partial charge in [0.1, 0.15) is 19.3 Å². The second-order valence-corrected chi connectivity index (χ2v) is 31.4. The van der Waals surface area contributed by atoms with Gasteiger partial charge in [-0.2, -0.15) is 0 Å². The molecule has 19 heteroatoms. The normalized spacial score (nSPS) is 14.3. The number of unbranched alkanes of at least 4 members (excludes halogenated alkanes) is 45. The zero-order chi connectivity index (χ0) is 70.7. The zero-order valence-electron chi connectivity index (χ0n) is 62.7. The van der Waals surface area contributed by atoms with E-state index < -0.39 is 97.5 Å². The monoisotopic (exact) mass is 1410 g/mol. The van der Waals surface area contributed by atoms with E-state index in [1.54, 1.807) is 0 Å². The molecule has 0 aromatic heterocycles. The van der Waals surface area contributed by atoms with E-state index in [1.807, 2.05) is 0 Å². The molecule has 0 bridgehead atoms. The van der Waals surface area contributed by atoms with E-state index >= 15 is 0 Å². The third-order valence-electron chi connectivity index (χ3n) is 18.3. The zero-order valence-corrected chi connectivity index (χ0v) is 64.5. The molecule has 0 rings (SSSR count). The number of aliphatic hydroxyl groups excluding tert-OH is 1. The molecule has 0 aliphatic carbocycles. The molecular weight excluding hydrogens is 1260 g/mol. The van der Waals surface area contributed by atoms with E-state index in [2.05, 4.69) is 41.5 Å². The van der Waals surface area contributed by atoms with Crippen LogP contribution in [0, 0.1) is 11.8 Å². The minimum absolute atomic E-state index is 0.107. The first-order valence-electron chi connectivity index (χ1n) is 40.0. The summed E-state index contributed by atoms with van der Waals surface area (Å²) in [7, 11) is -9.91. The predicted octanol–water partition coefficient (Wildman–Crippen LogP) is 22.7. The van der Waals surface area contributed by atoms with Crippen molar-refractivity contribution < 1.29 is 80.2 Å². The number of rotatable bonds is 76. The number of ether oxygens (including phenoxy) is 4. The van der Waals surface area contributed by atoms with Gasteiger partial charge < -0.3 is 33.8 Å². The average molecular weight is 1410 g/mol. The predicted molar refractivity (Wildman–Crippen MR) is 391 cm³/mol. The van der Waals surface area contributed by atoms with Crippen molar-refractivity contribution in [3.05, 3.63) is 0 Å². The van der Waals surface area contributed by atoms with Crippen LogP contribution in [0.3, 0.4) is 0 Å². The number of aliphatic hydroxyl groups is 1. The second kappa shape index (κ2) is 68.8. The number of hydrogen-bond donors (Lipinski definition) is 3. The third-order valence-corrected chi connectivity index (χ3v) is 20.2. The van der Waals surface area contributed by atoms with Crippen LogP contribution in [-0.4, -0.2) is 96.7 Å². The summed E-state index contributed by atoms with van der Waals surface area (Å²) in [6, 6.07) is 0. The van der Waals surface area contributed by atoms with E-state index in [9.17, 15) is 43.2 Å². The summed E-state index contributed by atoms with van der Waals surface area (Å²) in [5, 5.41) is 10.6. The maximum absolute atomic E-state index is 13.1. The first-order valence-corrected chi connectivity index (χ1v) is 43.0. The summed E-state index contributed by atoms with van der Waals surface area (Å²) in [5.41, 5.74) is 0. The van der Waals surface area contributed by atoms with Gasteiger partial charge in [0.15, 0.2) is 12.2 Å². The summed E-state index contributed by atoms with van der Waals surface area (Å²) >= 11 is 0. The second-order valence-electron chi connectivity index (χ2n) is 28.5. The van der Waals surface area contributed by atoms with Crippen LogP contribution in [-0.2, 0) is 65.4 Å². The Morgan fingerprint density at radius 2 is 0.531 bits per heavy atom. The molecule has 6 atom stereocenters. The average Bonchev–Trinajstić information content (AvgIpc) is 1.14. The van der Waals surface area contributed by atoms with Gasteiger partial charge in [-0.05, 0) is 37.5 Å². The summed E-state index contributed by atoms with van der Waals surface area (Å²) in [4.78, 5) is 72.8. The first kappa shape index (κ1) is 94.1. The van der Waals surface area contributed by atoms with Crippen molar-refractivity contribution in [1.29, 1.82) is 0 Å². The van der Waals surface area contributed by atoms with Gasteiger partial charge in [-0.25, -0.2) is 9.13 Å². The molecule has 0 aromatic rings. The highest BCUT2D eigenvalue weighted by Crippen LogP contribution is 2.45. The minimum Gasteiger partial charge on any atom is -0.462 e. The summed E-state index contributed by atoms with van der Waals surface area (Å²) < 4.78 is 68.6. The summed E-state index contributed by atoms with van der Waals surface area (Å²) in [6.45, 7) is 9.61. The van der Waals surface area contributed by atoms with E-state index in [1.165, 1.54) is 212 Å². The van der Waals surface area contributed by atoms with Crippen LogP contribution in [0.5, 0.6) is 0 Å². The molecule has 3 N–H and O–H groups in total. The first-order chi connectivity index (χ1) is 46.4. The van der Waals surface area contributed by atoms with Gasteiger partial charge >= 0.3 is 39.5 Å². The largest absolute Gasteiger partial charge is 0.472 e. The molecule has 0 amide bonds. The molecule has 0 aromatic carbocycles.